The summed E-state index contributed by atoms with van der Waals surface area (Å²) in [5.74, 6) is 0.959. The van der Waals surface area contributed by atoms with Crippen LogP contribution in [0.3, 0.4) is 0 Å². The van der Waals surface area contributed by atoms with E-state index in [1.165, 1.54) is 11.1 Å². The van der Waals surface area contributed by atoms with E-state index in [0.29, 0.717) is 0 Å². The topological polar surface area (TPSA) is 9.23 Å². The molecule has 0 aliphatic carbocycles. The highest BCUT2D eigenvalue weighted by atomic mass is 35.6. The van der Waals surface area contributed by atoms with E-state index in [9.17, 15) is 0 Å². The van der Waals surface area contributed by atoms with Gasteiger partial charge in [0.05, 0.1) is 0 Å². The summed E-state index contributed by atoms with van der Waals surface area (Å²) in [4.78, 5) is 0. The van der Waals surface area contributed by atoms with Crippen molar-refractivity contribution in [3.05, 3.63) is 29.3 Å². The molecular formula is C12H19ClOSi. The number of rotatable bonds is 4. The van der Waals surface area contributed by atoms with Crippen molar-refractivity contribution in [3.63, 3.8) is 0 Å². The van der Waals surface area contributed by atoms with Crippen LogP contribution in [0.4, 0.5) is 0 Å². The minimum atomic E-state index is -2.02. The molecule has 0 radical (unpaired) electrons. The van der Waals surface area contributed by atoms with Gasteiger partial charge < -0.3 is 4.43 Å². The third-order valence-corrected chi connectivity index (χ3v) is 7.44. The third-order valence-electron chi connectivity index (χ3n) is 2.90. The van der Waals surface area contributed by atoms with E-state index >= 15 is 0 Å². The van der Waals surface area contributed by atoms with E-state index in [2.05, 4.69) is 33.8 Å². The fourth-order valence-corrected chi connectivity index (χ4v) is 3.08. The van der Waals surface area contributed by atoms with Crippen LogP contribution in [0.25, 0.3) is 0 Å². The van der Waals surface area contributed by atoms with Gasteiger partial charge in [0.2, 0.25) is 0 Å². The summed E-state index contributed by atoms with van der Waals surface area (Å²) in [5.41, 5.74) is 2.46. The molecule has 0 unspecified atom stereocenters. The minimum absolute atomic E-state index is 0.943. The molecule has 1 aromatic carbocycles. The van der Waals surface area contributed by atoms with Gasteiger partial charge in [0, 0.05) is 0 Å². The van der Waals surface area contributed by atoms with Crippen LogP contribution < -0.4 is 4.43 Å². The molecule has 3 heteroatoms. The average molecular weight is 243 g/mol. The lowest BCUT2D eigenvalue weighted by Gasteiger charge is -2.24. The zero-order valence-electron chi connectivity index (χ0n) is 9.93. The third kappa shape index (κ3) is 2.99. The summed E-state index contributed by atoms with van der Waals surface area (Å²) in [6.07, 6.45) is 0. The summed E-state index contributed by atoms with van der Waals surface area (Å²) in [7, 11) is -2.02. The largest absolute Gasteiger partial charge is 0.529 e. The van der Waals surface area contributed by atoms with Crippen molar-refractivity contribution >= 4 is 18.7 Å². The first-order valence-corrected chi connectivity index (χ1v) is 8.80. The average Bonchev–Trinajstić information content (AvgIpc) is 2.25. The van der Waals surface area contributed by atoms with Gasteiger partial charge in [-0.3, -0.25) is 0 Å². The molecule has 1 rings (SSSR count). The maximum atomic E-state index is 6.48. The van der Waals surface area contributed by atoms with Gasteiger partial charge in [-0.05, 0) is 43.1 Å². The number of halogens is 1. The van der Waals surface area contributed by atoms with Crippen LogP contribution >= 0.6 is 11.1 Å². The van der Waals surface area contributed by atoms with Crippen LogP contribution in [-0.4, -0.2) is 7.63 Å². The van der Waals surface area contributed by atoms with Crippen molar-refractivity contribution in [3.8, 4) is 5.75 Å². The Hall–Kier alpha value is -0.473. The fourth-order valence-electron chi connectivity index (χ4n) is 1.43. The number of benzene rings is 1. The number of hydrogen-bond donors (Lipinski definition) is 0. The normalized spacial score (nSPS) is 11.5. The lowest BCUT2D eigenvalue weighted by molar-refractivity contribution is 0.551. The molecule has 0 spiro atoms. The van der Waals surface area contributed by atoms with E-state index in [1.54, 1.807) is 0 Å². The van der Waals surface area contributed by atoms with Crippen LogP contribution in [0.1, 0.15) is 25.0 Å². The molecule has 0 heterocycles. The molecule has 0 saturated heterocycles. The summed E-state index contributed by atoms with van der Waals surface area (Å²) >= 11 is 6.48. The summed E-state index contributed by atoms with van der Waals surface area (Å²) < 4.78 is 6.02. The Morgan fingerprint density at radius 3 is 2.33 bits per heavy atom. The SMILES string of the molecule is CC[Si](Cl)(CC)Oc1cccc(C)c1C. The molecule has 0 bridgehead atoms. The van der Waals surface area contributed by atoms with Gasteiger partial charge in [-0.1, -0.05) is 26.0 Å². The Balaban J connectivity index is 2.94. The second-order valence-electron chi connectivity index (χ2n) is 3.89. The first-order chi connectivity index (χ1) is 7.02. The Labute approximate surface area is 98.2 Å². The Morgan fingerprint density at radius 2 is 1.80 bits per heavy atom. The quantitative estimate of drug-likeness (QED) is 0.562. The number of aryl methyl sites for hydroxylation is 1. The van der Waals surface area contributed by atoms with Gasteiger partial charge in [-0.25, -0.2) is 0 Å². The standard InChI is InChI=1S/C12H19ClOSi/c1-5-15(13,6-2)14-12-9-7-8-10(3)11(12)4/h7-9H,5-6H2,1-4H3. The highest BCUT2D eigenvalue weighted by Gasteiger charge is 2.30. The molecule has 1 nitrogen and oxygen atoms in total. The monoisotopic (exact) mass is 242 g/mol. The summed E-state index contributed by atoms with van der Waals surface area (Å²) in [6, 6.07) is 8.01. The molecule has 15 heavy (non-hydrogen) atoms. The molecule has 0 saturated carbocycles. The van der Waals surface area contributed by atoms with Crippen LogP contribution in [-0.2, 0) is 0 Å². The molecule has 84 valence electrons. The van der Waals surface area contributed by atoms with Crippen molar-refractivity contribution in [2.24, 2.45) is 0 Å². The summed E-state index contributed by atoms with van der Waals surface area (Å²) in [6.45, 7) is 8.39. The van der Waals surface area contributed by atoms with Crippen LogP contribution in [0.15, 0.2) is 18.2 Å². The van der Waals surface area contributed by atoms with Crippen molar-refractivity contribution < 1.29 is 4.43 Å². The predicted molar refractivity (Wildman–Crippen MR) is 69.1 cm³/mol. The lowest BCUT2D eigenvalue weighted by Crippen LogP contribution is -2.33. The van der Waals surface area contributed by atoms with Crippen molar-refractivity contribution in [2.75, 3.05) is 0 Å². The van der Waals surface area contributed by atoms with Gasteiger partial charge in [-0.2, -0.15) is 0 Å². The van der Waals surface area contributed by atoms with Crippen LogP contribution in [0.5, 0.6) is 5.75 Å². The molecule has 0 fully saturated rings. The number of hydrogen-bond acceptors (Lipinski definition) is 1. The van der Waals surface area contributed by atoms with Gasteiger partial charge in [-0.15, -0.1) is 11.1 Å². The highest BCUT2D eigenvalue weighted by molar-refractivity contribution is 7.17. The van der Waals surface area contributed by atoms with Crippen molar-refractivity contribution in [1.82, 2.24) is 0 Å². The molecule has 0 N–H and O–H groups in total. The van der Waals surface area contributed by atoms with Crippen LogP contribution in [0, 0.1) is 13.8 Å². The minimum Gasteiger partial charge on any atom is -0.529 e. The first-order valence-electron chi connectivity index (χ1n) is 5.46. The molecule has 0 aliphatic rings. The maximum absolute atomic E-state index is 6.48. The van der Waals surface area contributed by atoms with Crippen LogP contribution in [0.2, 0.25) is 12.1 Å². The van der Waals surface area contributed by atoms with E-state index in [0.717, 1.165) is 17.8 Å². The Kier molecular flexibility index (Phi) is 4.23. The van der Waals surface area contributed by atoms with E-state index < -0.39 is 7.63 Å². The van der Waals surface area contributed by atoms with Crippen molar-refractivity contribution in [1.29, 1.82) is 0 Å². The molecule has 0 atom stereocenters. The van der Waals surface area contributed by atoms with Gasteiger partial charge in [0.1, 0.15) is 5.75 Å². The zero-order chi connectivity index (χ0) is 11.5. The second-order valence-corrected chi connectivity index (χ2v) is 9.34. The highest BCUT2D eigenvalue weighted by Crippen LogP contribution is 2.28. The van der Waals surface area contributed by atoms with E-state index in [4.69, 9.17) is 15.5 Å². The Morgan fingerprint density at radius 1 is 1.20 bits per heavy atom. The predicted octanol–water partition coefficient (Wildman–Crippen LogP) is 4.40. The van der Waals surface area contributed by atoms with Crippen molar-refractivity contribution in [2.45, 2.75) is 39.8 Å². The van der Waals surface area contributed by atoms with E-state index in [1.807, 2.05) is 12.1 Å². The molecule has 1 aromatic rings. The smallest absolute Gasteiger partial charge is 0.347 e. The van der Waals surface area contributed by atoms with E-state index in [-0.39, 0.29) is 0 Å². The van der Waals surface area contributed by atoms with Gasteiger partial charge in [0.15, 0.2) is 0 Å². The second kappa shape index (κ2) is 5.04. The first kappa shape index (κ1) is 12.6. The maximum Gasteiger partial charge on any atom is 0.347 e. The molecular weight excluding hydrogens is 224 g/mol. The molecule has 0 aliphatic heterocycles. The lowest BCUT2D eigenvalue weighted by atomic mass is 10.1. The Bertz CT molecular complexity index is 334. The van der Waals surface area contributed by atoms with Gasteiger partial charge >= 0.3 is 7.63 Å². The van der Waals surface area contributed by atoms with Gasteiger partial charge in [0.25, 0.3) is 0 Å². The fraction of sp³-hybridized carbons (Fsp3) is 0.500. The molecule has 0 amide bonds. The molecule has 0 aromatic heterocycles. The zero-order valence-corrected chi connectivity index (χ0v) is 11.7. The summed E-state index contributed by atoms with van der Waals surface area (Å²) in [5, 5.41) is 0.